The lowest BCUT2D eigenvalue weighted by molar-refractivity contribution is 0.559. The summed E-state index contributed by atoms with van der Waals surface area (Å²) in [5, 5.41) is 13.3. The van der Waals surface area contributed by atoms with E-state index in [0.717, 1.165) is 16.7 Å². The largest absolute Gasteiger partial charge is 0.287 e. The van der Waals surface area contributed by atoms with E-state index in [-0.39, 0.29) is 12.1 Å². The van der Waals surface area contributed by atoms with Crippen LogP contribution in [0.3, 0.4) is 0 Å². The second kappa shape index (κ2) is 7.79. The summed E-state index contributed by atoms with van der Waals surface area (Å²) in [6.07, 6.45) is 0. The van der Waals surface area contributed by atoms with Crippen LogP contribution in [0.4, 0.5) is 0 Å². The molecule has 0 aliphatic heterocycles. The molecule has 0 unspecified atom stereocenters. The third kappa shape index (κ3) is 4.15. The Bertz CT molecular complexity index is 804. The van der Waals surface area contributed by atoms with E-state index < -0.39 is 0 Å². The standard InChI is InChI=1S/C23H22N2/c1-17-13-18(2)15-21(14-17)22(16-24)25-23(19-9-5-3-6-10-19)20-11-7-4-8-12-20/h3-15,22-23,25H,1-2H3/t22-/m0/s1. The SMILES string of the molecule is Cc1cc(C)cc([C@H](C#N)NC(c2ccccc2)c2ccccc2)c1. The number of aryl methyl sites for hydroxylation is 2. The van der Waals surface area contributed by atoms with Crippen molar-refractivity contribution < 1.29 is 0 Å². The molecule has 0 spiro atoms. The van der Waals surface area contributed by atoms with Crippen LogP contribution in [-0.2, 0) is 0 Å². The van der Waals surface area contributed by atoms with Crippen molar-refractivity contribution in [2.75, 3.05) is 0 Å². The van der Waals surface area contributed by atoms with Gasteiger partial charge >= 0.3 is 0 Å². The van der Waals surface area contributed by atoms with Crippen LogP contribution < -0.4 is 5.32 Å². The highest BCUT2D eigenvalue weighted by Crippen LogP contribution is 2.26. The van der Waals surface area contributed by atoms with Crippen LogP contribution in [0.15, 0.2) is 78.9 Å². The Morgan fingerprint density at radius 3 is 1.64 bits per heavy atom. The summed E-state index contributed by atoms with van der Waals surface area (Å²) in [5.41, 5.74) is 5.66. The molecule has 0 amide bonds. The Morgan fingerprint density at radius 2 is 1.20 bits per heavy atom. The monoisotopic (exact) mass is 326 g/mol. The van der Waals surface area contributed by atoms with Crippen molar-refractivity contribution in [1.82, 2.24) is 5.32 Å². The summed E-state index contributed by atoms with van der Waals surface area (Å²) in [5.74, 6) is 0. The maximum absolute atomic E-state index is 9.79. The molecule has 124 valence electrons. The molecular weight excluding hydrogens is 304 g/mol. The molecule has 1 atom stereocenters. The van der Waals surface area contributed by atoms with Gasteiger partial charge in [0.1, 0.15) is 6.04 Å². The normalized spacial score (nSPS) is 11.9. The lowest BCUT2D eigenvalue weighted by Gasteiger charge is -2.23. The van der Waals surface area contributed by atoms with E-state index in [1.54, 1.807) is 0 Å². The summed E-state index contributed by atoms with van der Waals surface area (Å²) in [6, 6.07) is 28.9. The first kappa shape index (κ1) is 17.0. The molecule has 3 aromatic carbocycles. The molecule has 0 aliphatic rings. The van der Waals surface area contributed by atoms with Crippen LogP contribution in [-0.4, -0.2) is 0 Å². The van der Waals surface area contributed by atoms with Gasteiger partial charge in [0.25, 0.3) is 0 Å². The van der Waals surface area contributed by atoms with Crippen molar-refractivity contribution in [1.29, 1.82) is 5.26 Å². The smallest absolute Gasteiger partial charge is 0.122 e. The molecule has 2 heteroatoms. The Balaban J connectivity index is 1.98. The predicted octanol–water partition coefficient (Wildman–Crippen LogP) is 5.25. The summed E-state index contributed by atoms with van der Waals surface area (Å²) >= 11 is 0. The van der Waals surface area contributed by atoms with Crippen LogP contribution in [0.1, 0.15) is 39.9 Å². The minimum absolute atomic E-state index is 0.0344. The number of rotatable bonds is 5. The van der Waals surface area contributed by atoms with E-state index in [1.165, 1.54) is 11.1 Å². The van der Waals surface area contributed by atoms with Gasteiger partial charge in [-0.05, 0) is 30.5 Å². The number of nitriles is 1. The third-order valence-electron chi connectivity index (χ3n) is 4.31. The maximum atomic E-state index is 9.79. The maximum Gasteiger partial charge on any atom is 0.122 e. The molecular formula is C23H22N2. The van der Waals surface area contributed by atoms with Crippen LogP contribution in [0.2, 0.25) is 0 Å². The average Bonchev–Trinajstić information content (AvgIpc) is 2.63. The van der Waals surface area contributed by atoms with Gasteiger partial charge in [0.15, 0.2) is 0 Å². The van der Waals surface area contributed by atoms with Crippen molar-refractivity contribution in [3.05, 3.63) is 107 Å². The Morgan fingerprint density at radius 1 is 0.720 bits per heavy atom. The van der Waals surface area contributed by atoms with Gasteiger partial charge in [-0.3, -0.25) is 5.32 Å². The fourth-order valence-electron chi connectivity index (χ4n) is 3.23. The van der Waals surface area contributed by atoms with Gasteiger partial charge in [0.05, 0.1) is 12.1 Å². The fourth-order valence-corrected chi connectivity index (χ4v) is 3.23. The highest BCUT2D eigenvalue weighted by Gasteiger charge is 2.20. The van der Waals surface area contributed by atoms with Gasteiger partial charge in [-0.2, -0.15) is 5.26 Å². The van der Waals surface area contributed by atoms with Crippen LogP contribution in [0, 0.1) is 25.2 Å². The van der Waals surface area contributed by atoms with Gasteiger partial charge < -0.3 is 0 Å². The first-order chi connectivity index (χ1) is 12.2. The molecule has 3 rings (SSSR count). The molecule has 0 saturated carbocycles. The second-order valence-corrected chi connectivity index (χ2v) is 6.40. The predicted molar refractivity (Wildman–Crippen MR) is 102 cm³/mol. The van der Waals surface area contributed by atoms with Crippen LogP contribution >= 0.6 is 0 Å². The van der Waals surface area contributed by atoms with Gasteiger partial charge in [0, 0.05) is 0 Å². The molecule has 0 heterocycles. The molecule has 0 aromatic heterocycles. The van der Waals surface area contributed by atoms with E-state index in [9.17, 15) is 5.26 Å². The first-order valence-electron chi connectivity index (χ1n) is 8.51. The minimum Gasteiger partial charge on any atom is -0.287 e. The zero-order valence-electron chi connectivity index (χ0n) is 14.6. The minimum atomic E-state index is -0.371. The molecule has 0 bridgehead atoms. The third-order valence-corrected chi connectivity index (χ3v) is 4.31. The van der Waals surface area contributed by atoms with E-state index in [4.69, 9.17) is 0 Å². The first-order valence-corrected chi connectivity index (χ1v) is 8.51. The van der Waals surface area contributed by atoms with Crippen molar-refractivity contribution in [2.24, 2.45) is 0 Å². The van der Waals surface area contributed by atoms with Crippen LogP contribution in [0.25, 0.3) is 0 Å². The molecule has 3 aromatic rings. The molecule has 1 N–H and O–H groups in total. The van der Waals surface area contributed by atoms with Gasteiger partial charge in [-0.25, -0.2) is 0 Å². The molecule has 2 nitrogen and oxygen atoms in total. The van der Waals surface area contributed by atoms with Gasteiger partial charge in [-0.1, -0.05) is 90.0 Å². The second-order valence-electron chi connectivity index (χ2n) is 6.40. The number of hydrogen-bond acceptors (Lipinski definition) is 2. The van der Waals surface area contributed by atoms with Crippen molar-refractivity contribution >= 4 is 0 Å². The number of nitrogens with one attached hydrogen (secondary N) is 1. The topological polar surface area (TPSA) is 35.8 Å². The summed E-state index contributed by atoms with van der Waals surface area (Å²) in [7, 11) is 0. The molecule has 0 radical (unpaired) electrons. The van der Waals surface area contributed by atoms with Crippen molar-refractivity contribution in [3.8, 4) is 6.07 Å². The quantitative estimate of drug-likeness (QED) is 0.695. The highest BCUT2D eigenvalue weighted by molar-refractivity contribution is 5.36. The molecule has 0 fully saturated rings. The van der Waals surface area contributed by atoms with Crippen LogP contribution in [0.5, 0.6) is 0 Å². The average molecular weight is 326 g/mol. The lowest BCUT2D eigenvalue weighted by atomic mass is 9.95. The highest BCUT2D eigenvalue weighted by atomic mass is 15.0. The van der Waals surface area contributed by atoms with Gasteiger partial charge in [-0.15, -0.1) is 0 Å². The van der Waals surface area contributed by atoms with Gasteiger partial charge in [0.2, 0.25) is 0 Å². The molecule has 0 aliphatic carbocycles. The number of benzene rings is 3. The Kier molecular flexibility index (Phi) is 5.28. The van der Waals surface area contributed by atoms with E-state index in [0.29, 0.717) is 0 Å². The van der Waals surface area contributed by atoms with E-state index in [1.807, 2.05) is 36.4 Å². The van der Waals surface area contributed by atoms with Crippen molar-refractivity contribution in [2.45, 2.75) is 25.9 Å². The Hall–Kier alpha value is -2.89. The van der Waals surface area contributed by atoms with Crippen molar-refractivity contribution in [3.63, 3.8) is 0 Å². The molecule has 0 saturated heterocycles. The van der Waals surface area contributed by atoms with E-state index >= 15 is 0 Å². The Labute approximate surface area is 149 Å². The number of hydrogen-bond donors (Lipinski definition) is 1. The zero-order valence-corrected chi connectivity index (χ0v) is 14.6. The summed E-state index contributed by atoms with van der Waals surface area (Å²) < 4.78 is 0. The summed E-state index contributed by atoms with van der Waals surface area (Å²) in [4.78, 5) is 0. The molecule has 25 heavy (non-hydrogen) atoms. The van der Waals surface area contributed by atoms with E-state index in [2.05, 4.69) is 67.7 Å². The zero-order chi connectivity index (χ0) is 17.6. The summed E-state index contributed by atoms with van der Waals surface area (Å²) in [6.45, 7) is 4.13. The lowest BCUT2D eigenvalue weighted by Crippen LogP contribution is -2.26. The number of nitrogens with zero attached hydrogens (tertiary/aromatic N) is 1. The fraction of sp³-hybridized carbons (Fsp3) is 0.174.